The van der Waals surface area contributed by atoms with Crippen molar-refractivity contribution in [2.75, 3.05) is 26.7 Å². The number of rotatable bonds is 6. The van der Waals surface area contributed by atoms with Gasteiger partial charge in [0.15, 0.2) is 5.96 Å². The summed E-state index contributed by atoms with van der Waals surface area (Å²) in [6.07, 6.45) is 3.11. The zero-order chi connectivity index (χ0) is 16.1. The van der Waals surface area contributed by atoms with E-state index in [1.54, 1.807) is 7.05 Å². The van der Waals surface area contributed by atoms with Crippen LogP contribution in [0.5, 0.6) is 5.75 Å². The maximum absolute atomic E-state index is 11.5. The molecule has 1 aromatic carbocycles. The highest BCUT2D eigenvalue weighted by molar-refractivity contribution is 5.81. The minimum atomic E-state index is 0.125. The molecule has 1 atom stereocenters. The van der Waals surface area contributed by atoms with E-state index in [1.165, 1.54) is 5.56 Å². The maximum atomic E-state index is 11.5. The summed E-state index contributed by atoms with van der Waals surface area (Å²) in [5, 5.41) is 9.39. The van der Waals surface area contributed by atoms with Crippen molar-refractivity contribution in [1.82, 2.24) is 16.0 Å². The summed E-state index contributed by atoms with van der Waals surface area (Å²) in [5.41, 5.74) is 1.25. The summed E-state index contributed by atoms with van der Waals surface area (Å²) in [4.78, 5) is 15.7. The van der Waals surface area contributed by atoms with Crippen LogP contribution in [0.3, 0.4) is 0 Å². The summed E-state index contributed by atoms with van der Waals surface area (Å²) in [7, 11) is 1.74. The second-order valence-corrected chi connectivity index (χ2v) is 6.00. The largest absolute Gasteiger partial charge is 0.488 e. The second-order valence-electron chi connectivity index (χ2n) is 6.00. The normalized spacial score (nSPS) is 19.7. The Morgan fingerprint density at radius 2 is 2.00 bits per heavy atom. The van der Waals surface area contributed by atoms with Gasteiger partial charge in [-0.15, -0.1) is 0 Å². The van der Waals surface area contributed by atoms with Crippen LogP contribution < -0.4 is 20.7 Å². The van der Waals surface area contributed by atoms with Gasteiger partial charge in [-0.1, -0.05) is 18.2 Å². The number of guanidine groups is 1. The third kappa shape index (κ3) is 4.37. The Bertz CT molecular complexity index is 559. The van der Waals surface area contributed by atoms with Crippen LogP contribution in [0.15, 0.2) is 29.3 Å². The number of para-hydroxylation sites is 1. The topological polar surface area (TPSA) is 74.8 Å². The molecule has 1 amide bonds. The lowest BCUT2D eigenvalue weighted by Crippen LogP contribution is -2.44. The zero-order valence-corrected chi connectivity index (χ0v) is 13.5. The molecule has 1 heterocycles. The lowest BCUT2D eigenvalue weighted by molar-refractivity contribution is -0.122. The molecule has 2 aliphatic rings. The molecule has 0 bridgehead atoms. The third-order valence-corrected chi connectivity index (χ3v) is 4.10. The molecule has 1 saturated carbocycles. The fourth-order valence-electron chi connectivity index (χ4n) is 2.66. The molecule has 0 aromatic heterocycles. The van der Waals surface area contributed by atoms with Crippen molar-refractivity contribution in [2.45, 2.75) is 25.4 Å². The fourth-order valence-corrected chi connectivity index (χ4v) is 2.66. The van der Waals surface area contributed by atoms with Gasteiger partial charge in [0.2, 0.25) is 5.91 Å². The number of aliphatic imine (C=N–C) groups is 1. The molecular weight excluding hydrogens is 292 g/mol. The van der Waals surface area contributed by atoms with E-state index in [0.717, 1.165) is 31.0 Å². The van der Waals surface area contributed by atoms with Crippen LogP contribution in [-0.4, -0.2) is 44.7 Å². The van der Waals surface area contributed by atoms with E-state index in [0.29, 0.717) is 19.6 Å². The van der Waals surface area contributed by atoms with E-state index in [4.69, 9.17) is 4.74 Å². The standard InChI is InChI=1S/C17H24N4O2/c1-18-17(20-9-8-19-16(22)12-6-7-12)21-11-14-10-13-4-2-3-5-15(13)23-14/h2-5,12,14H,6-11H2,1H3,(H,19,22)(H2,18,20,21). The number of carbonyl (C=O) groups is 1. The molecule has 1 aliphatic heterocycles. The second kappa shape index (κ2) is 7.35. The smallest absolute Gasteiger partial charge is 0.223 e. The number of ether oxygens (including phenoxy) is 1. The first-order valence-electron chi connectivity index (χ1n) is 8.23. The van der Waals surface area contributed by atoms with Gasteiger partial charge in [0, 0.05) is 32.5 Å². The van der Waals surface area contributed by atoms with Gasteiger partial charge in [-0.3, -0.25) is 9.79 Å². The highest BCUT2D eigenvalue weighted by atomic mass is 16.5. The van der Waals surface area contributed by atoms with Crippen LogP contribution in [0.4, 0.5) is 0 Å². The molecule has 6 nitrogen and oxygen atoms in total. The lowest BCUT2D eigenvalue weighted by Gasteiger charge is -2.15. The van der Waals surface area contributed by atoms with Gasteiger partial charge in [0.25, 0.3) is 0 Å². The van der Waals surface area contributed by atoms with Gasteiger partial charge in [-0.2, -0.15) is 0 Å². The van der Waals surface area contributed by atoms with Gasteiger partial charge < -0.3 is 20.7 Å². The van der Waals surface area contributed by atoms with Gasteiger partial charge >= 0.3 is 0 Å². The number of hydrogen-bond donors (Lipinski definition) is 3. The number of fused-ring (bicyclic) bond motifs is 1. The Kier molecular flexibility index (Phi) is 5.00. The fraction of sp³-hybridized carbons (Fsp3) is 0.529. The molecule has 0 saturated heterocycles. The monoisotopic (exact) mass is 316 g/mol. The molecule has 3 rings (SSSR count). The number of carbonyl (C=O) groups excluding carboxylic acids is 1. The Morgan fingerprint density at radius 1 is 1.22 bits per heavy atom. The third-order valence-electron chi connectivity index (χ3n) is 4.10. The molecular formula is C17H24N4O2. The first-order chi connectivity index (χ1) is 11.3. The molecule has 124 valence electrons. The van der Waals surface area contributed by atoms with Gasteiger partial charge in [0.05, 0.1) is 6.54 Å². The predicted molar refractivity (Wildman–Crippen MR) is 89.7 cm³/mol. The molecule has 1 fully saturated rings. The van der Waals surface area contributed by atoms with E-state index in [-0.39, 0.29) is 17.9 Å². The SMILES string of the molecule is CN=C(NCCNC(=O)C1CC1)NCC1Cc2ccccc2O1. The molecule has 1 aromatic rings. The van der Waals surface area contributed by atoms with Gasteiger partial charge in [0.1, 0.15) is 11.9 Å². The zero-order valence-electron chi connectivity index (χ0n) is 13.5. The Balaban J connectivity index is 1.33. The van der Waals surface area contributed by atoms with Crippen LogP contribution >= 0.6 is 0 Å². The van der Waals surface area contributed by atoms with E-state index < -0.39 is 0 Å². The van der Waals surface area contributed by atoms with Crippen molar-refractivity contribution in [3.8, 4) is 5.75 Å². The van der Waals surface area contributed by atoms with E-state index in [1.807, 2.05) is 18.2 Å². The number of hydrogen-bond acceptors (Lipinski definition) is 3. The molecule has 3 N–H and O–H groups in total. The summed E-state index contributed by atoms with van der Waals surface area (Å²) >= 11 is 0. The summed E-state index contributed by atoms with van der Waals surface area (Å²) in [6.45, 7) is 1.97. The average Bonchev–Trinajstić information content (AvgIpc) is 3.33. The van der Waals surface area contributed by atoms with Crippen LogP contribution in [0.25, 0.3) is 0 Å². The van der Waals surface area contributed by atoms with E-state index in [9.17, 15) is 4.79 Å². The first-order valence-corrected chi connectivity index (χ1v) is 8.23. The van der Waals surface area contributed by atoms with Gasteiger partial charge in [-0.25, -0.2) is 0 Å². The molecule has 0 radical (unpaired) electrons. The predicted octanol–water partition coefficient (Wildman–Crippen LogP) is 0.681. The van der Waals surface area contributed by atoms with Crippen molar-refractivity contribution < 1.29 is 9.53 Å². The number of nitrogens with zero attached hydrogens (tertiary/aromatic N) is 1. The van der Waals surface area contributed by atoms with Crippen molar-refractivity contribution in [3.63, 3.8) is 0 Å². The van der Waals surface area contributed by atoms with Crippen molar-refractivity contribution in [3.05, 3.63) is 29.8 Å². The maximum Gasteiger partial charge on any atom is 0.223 e. The molecule has 6 heteroatoms. The summed E-state index contributed by atoms with van der Waals surface area (Å²) in [5.74, 6) is 2.13. The highest BCUT2D eigenvalue weighted by Crippen LogP contribution is 2.28. The highest BCUT2D eigenvalue weighted by Gasteiger charge is 2.29. The quantitative estimate of drug-likeness (QED) is 0.410. The van der Waals surface area contributed by atoms with Gasteiger partial charge in [-0.05, 0) is 24.5 Å². The first kappa shape index (κ1) is 15.6. The Labute approximate surface area is 136 Å². The van der Waals surface area contributed by atoms with E-state index in [2.05, 4.69) is 27.0 Å². The van der Waals surface area contributed by atoms with Crippen molar-refractivity contribution >= 4 is 11.9 Å². The number of benzene rings is 1. The summed E-state index contributed by atoms with van der Waals surface area (Å²) in [6, 6.07) is 8.13. The lowest BCUT2D eigenvalue weighted by atomic mass is 10.1. The Hall–Kier alpha value is -2.24. The van der Waals surface area contributed by atoms with Crippen LogP contribution in [0.2, 0.25) is 0 Å². The van der Waals surface area contributed by atoms with E-state index >= 15 is 0 Å². The van der Waals surface area contributed by atoms with Crippen LogP contribution in [0.1, 0.15) is 18.4 Å². The minimum absolute atomic E-state index is 0.125. The molecule has 0 spiro atoms. The van der Waals surface area contributed by atoms with Crippen molar-refractivity contribution in [2.24, 2.45) is 10.9 Å². The van der Waals surface area contributed by atoms with Crippen LogP contribution in [0, 0.1) is 5.92 Å². The number of amides is 1. The molecule has 1 unspecified atom stereocenters. The molecule has 1 aliphatic carbocycles. The average molecular weight is 316 g/mol. The van der Waals surface area contributed by atoms with Crippen molar-refractivity contribution in [1.29, 1.82) is 0 Å². The summed E-state index contributed by atoms with van der Waals surface area (Å²) < 4.78 is 5.89. The van der Waals surface area contributed by atoms with Crippen LogP contribution in [-0.2, 0) is 11.2 Å². The minimum Gasteiger partial charge on any atom is -0.488 e. The number of nitrogens with one attached hydrogen (secondary N) is 3. The molecule has 23 heavy (non-hydrogen) atoms. The Morgan fingerprint density at radius 3 is 2.74 bits per heavy atom.